The van der Waals surface area contributed by atoms with E-state index < -0.39 is 0 Å². The van der Waals surface area contributed by atoms with Gasteiger partial charge in [-0.2, -0.15) is 0 Å². The van der Waals surface area contributed by atoms with E-state index in [1.165, 1.54) is 0 Å². The van der Waals surface area contributed by atoms with Gasteiger partial charge >= 0.3 is 5.63 Å². The van der Waals surface area contributed by atoms with E-state index in [0.29, 0.717) is 16.7 Å². The molecule has 1 aromatic heterocycles. The topological polar surface area (TPSA) is 50.5 Å². The molecule has 0 N–H and O–H groups in total. The monoisotopic (exact) mass is 397 g/mol. The van der Waals surface area contributed by atoms with Crippen molar-refractivity contribution >= 4 is 22.9 Å². The first-order valence-corrected chi connectivity index (χ1v) is 10.1. The highest BCUT2D eigenvalue weighted by atomic mass is 16.4. The zero-order valence-electron chi connectivity index (χ0n) is 17.1. The molecule has 1 heterocycles. The normalized spacial score (nSPS) is 10.9. The molecule has 0 atom stereocenters. The van der Waals surface area contributed by atoms with Crippen molar-refractivity contribution in [2.24, 2.45) is 0 Å². The van der Waals surface area contributed by atoms with Crippen LogP contribution in [0.25, 0.3) is 33.2 Å². The van der Waals surface area contributed by atoms with Gasteiger partial charge in [0.15, 0.2) is 0 Å². The third kappa shape index (κ3) is 3.77. The van der Waals surface area contributed by atoms with Gasteiger partial charge in [-0.05, 0) is 48.7 Å². The molecule has 0 unspecified atom stereocenters. The third-order valence-electron chi connectivity index (χ3n) is 5.42. The van der Waals surface area contributed by atoms with Crippen LogP contribution in [-0.2, 0) is 0 Å². The van der Waals surface area contributed by atoms with Gasteiger partial charge in [0.2, 0.25) is 0 Å². The average molecular weight is 397 g/mol. The minimum atomic E-state index is -0.345. The smallest absolute Gasteiger partial charge is 0.344 e. The van der Waals surface area contributed by atoms with Crippen molar-refractivity contribution in [3.8, 4) is 22.3 Å². The molecule has 4 aromatic rings. The molecule has 0 fully saturated rings. The van der Waals surface area contributed by atoms with Crippen LogP contribution in [0.4, 0.5) is 5.69 Å². The molecule has 3 aromatic carbocycles. The number of hydrogen-bond donors (Lipinski definition) is 0. The van der Waals surface area contributed by atoms with E-state index in [9.17, 15) is 9.59 Å². The van der Waals surface area contributed by atoms with E-state index in [0.717, 1.165) is 47.1 Å². The zero-order chi connectivity index (χ0) is 21.1. The van der Waals surface area contributed by atoms with E-state index >= 15 is 0 Å². The Balaban J connectivity index is 1.68. The van der Waals surface area contributed by atoms with E-state index in [2.05, 4.69) is 24.8 Å². The SMILES string of the molecule is CCN(CC)c1ccc2cc(-c3ccc(-c4ccc(C=O)cc4)cc3)c(=O)oc2c1. The third-order valence-corrected chi connectivity index (χ3v) is 5.42. The molecule has 0 bridgehead atoms. The number of carbonyl (C=O) groups excluding carboxylic acids is 1. The molecule has 4 nitrogen and oxygen atoms in total. The molecule has 0 saturated heterocycles. The molecule has 0 saturated carbocycles. The molecule has 150 valence electrons. The Morgan fingerprint density at radius 3 is 2.00 bits per heavy atom. The lowest BCUT2D eigenvalue weighted by atomic mass is 10.00. The maximum atomic E-state index is 12.7. The van der Waals surface area contributed by atoms with E-state index in [1.54, 1.807) is 12.1 Å². The number of hydrogen-bond acceptors (Lipinski definition) is 4. The largest absolute Gasteiger partial charge is 0.422 e. The number of benzene rings is 3. The molecule has 4 heteroatoms. The number of aldehydes is 1. The van der Waals surface area contributed by atoms with Gasteiger partial charge in [-0.3, -0.25) is 4.79 Å². The van der Waals surface area contributed by atoms with Crippen LogP contribution in [0.5, 0.6) is 0 Å². The van der Waals surface area contributed by atoms with Crippen LogP contribution in [0.1, 0.15) is 24.2 Å². The predicted octanol–water partition coefficient (Wildman–Crippen LogP) is 5.79. The highest BCUT2D eigenvalue weighted by Crippen LogP contribution is 2.27. The Kier molecular flexibility index (Phi) is 5.48. The minimum Gasteiger partial charge on any atom is -0.422 e. The fourth-order valence-corrected chi connectivity index (χ4v) is 3.68. The van der Waals surface area contributed by atoms with Crippen molar-refractivity contribution in [1.29, 1.82) is 0 Å². The van der Waals surface area contributed by atoms with Crippen LogP contribution in [0, 0.1) is 0 Å². The van der Waals surface area contributed by atoms with Gasteiger partial charge < -0.3 is 9.32 Å². The van der Waals surface area contributed by atoms with Gasteiger partial charge in [0.1, 0.15) is 11.9 Å². The van der Waals surface area contributed by atoms with Gasteiger partial charge in [0.05, 0.1) is 5.56 Å². The molecule has 0 radical (unpaired) electrons. The Labute approximate surface area is 175 Å². The van der Waals surface area contributed by atoms with Crippen molar-refractivity contribution in [2.45, 2.75) is 13.8 Å². The second-order valence-corrected chi connectivity index (χ2v) is 7.16. The van der Waals surface area contributed by atoms with Crippen LogP contribution in [-0.4, -0.2) is 19.4 Å². The second kappa shape index (κ2) is 8.37. The molecule has 0 amide bonds. The maximum absolute atomic E-state index is 12.7. The fraction of sp³-hybridized carbons (Fsp3) is 0.154. The Hall–Kier alpha value is -3.66. The van der Waals surface area contributed by atoms with Crippen molar-refractivity contribution < 1.29 is 9.21 Å². The lowest BCUT2D eigenvalue weighted by molar-refractivity contribution is 0.112. The van der Waals surface area contributed by atoms with Crippen LogP contribution in [0.15, 0.2) is 82.0 Å². The Morgan fingerprint density at radius 1 is 0.800 bits per heavy atom. The number of nitrogens with zero attached hydrogens (tertiary/aromatic N) is 1. The summed E-state index contributed by atoms with van der Waals surface area (Å²) in [5, 5.41) is 0.897. The van der Waals surface area contributed by atoms with Crippen molar-refractivity contribution in [2.75, 3.05) is 18.0 Å². The van der Waals surface area contributed by atoms with E-state index in [-0.39, 0.29) is 5.63 Å². The summed E-state index contributed by atoms with van der Waals surface area (Å²) in [5.41, 5.74) is 5.34. The van der Waals surface area contributed by atoms with Gasteiger partial charge in [-0.1, -0.05) is 48.5 Å². The molecule has 0 aliphatic heterocycles. The van der Waals surface area contributed by atoms with Crippen molar-refractivity contribution in [3.63, 3.8) is 0 Å². The summed E-state index contributed by atoms with van der Waals surface area (Å²) in [5.74, 6) is 0. The van der Waals surface area contributed by atoms with Gasteiger partial charge in [0.25, 0.3) is 0 Å². The minimum absolute atomic E-state index is 0.345. The number of anilines is 1. The molecule has 0 spiro atoms. The highest BCUT2D eigenvalue weighted by Gasteiger charge is 2.10. The average Bonchev–Trinajstić information content (AvgIpc) is 2.79. The summed E-state index contributed by atoms with van der Waals surface area (Å²) in [4.78, 5) is 25.7. The number of rotatable bonds is 6. The van der Waals surface area contributed by atoms with Crippen LogP contribution in [0.2, 0.25) is 0 Å². The van der Waals surface area contributed by atoms with Gasteiger partial charge in [-0.15, -0.1) is 0 Å². The molecular formula is C26H23NO3. The summed E-state index contributed by atoms with van der Waals surface area (Å²) >= 11 is 0. The maximum Gasteiger partial charge on any atom is 0.344 e. The number of fused-ring (bicyclic) bond motifs is 1. The summed E-state index contributed by atoms with van der Waals surface area (Å²) in [6.45, 7) is 6.00. The zero-order valence-corrected chi connectivity index (χ0v) is 17.1. The number of carbonyl (C=O) groups is 1. The van der Waals surface area contributed by atoms with E-state index in [1.807, 2.05) is 54.6 Å². The van der Waals surface area contributed by atoms with Gasteiger partial charge in [0, 0.05) is 35.8 Å². The lowest BCUT2D eigenvalue weighted by Gasteiger charge is -2.21. The van der Waals surface area contributed by atoms with Crippen LogP contribution >= 0.6 is 0 Å². The molecule has 4 rings (SSSR count). The van der Waals surface area contributed by atoms with Crippen molar-refractivity contribution in [1.82, 2.24) is 0 Å². The molecule has 30 heavy (non-hydrogen) atoms. The summed E-state index contributed by atoms with van der Waals surface area (Å²) in [6, 6.07) is 23.1. The molecule has 0 aliphatic carbocycles. The lowest BCUT2D eigenvalue weighted by Crippen LogP contribution is -2.21. The van der Waals surface area contributed by atoms with E-state index in [4.69, 9.17) is 4.42 Å². The fourth-order valence-electron chi connectivity index (χ4n) is 3.68. The first-order valence-electron chi connectivity index (χ1n) is 10.1. The second-order valence-electron chi connectivity index (χ2n) is 7.16. The quantitative estimate of drug-likeness (QED) is 0.305. The standard InChI is InChI=1S/C26H23NO3/c1-3-27(4-2)23-14-13-22-15-24(26(29)30-25(22)16-23)21-11-9-20(10-12-21)19-7-5-18(17-28)6-8-19/h5-17H,3-4H2,1-2H3. The summed E-state index contributed by atoms with van der Waals surface area (Å²) in [6.07, 6.45) is 0.830. The summed E-state index contributed by atoms with van der Waals surface area (Å²) < 4.78 is 5.65. The molecule has 0 aliphatic rings. The Morgan fingerprint density at radius 2 is 1.40 bits per heavy atom. The van der Waals surface area contributed by atoms with Gasteiger partial charge in [-0.25, -0.2) is 4.79 Å². The first kappa shape index (κ1) is 19.6. The molecular weight excluding hydrogens is 374 g/mol. The predicted molar refractivity (Wildman–Crippen MR) is 122 cm³/mol. The summed E-state index contributed by atoms with van der Waals surface area (Å²) in [7, 11) is 0. The Bertz CT molecular complexity index is 1230. The highest BCUT2D eigenvalue weighted by molar-refractivity contribution is 5.85. The van der Waals surface area contributed by atoms with Crippen LogP contribution in [0.3, 0.4) is 0 Å². The first-order chi connectivity index (χ1) is 14.6. The van der Waals surface area contributed by atoms with Crippen LogP contribution < -0.4 is 10.5 Å². The van der Waals surface area contributed by atoms with Crippen molar-refractivity contribution in [3.05, 3.63) is 88.8 Å².